The van der Waals surface area contributed by atoms with Gasteiger partial charge in [-0.15, -0.1) is 0 Å². The maximum Gasteiger partial charge on any atom is 0.246 e. The minimum Gasteiger partial charge on any atom is -0.345 e. The molecule has 1 atom stereocenters. The van der Waals surface area contributed by atoms with Crippen LogP contribution in [0.2, 0.25) is 0 Å². The second-order valence-electron chi connectivity index (χ2n) is 5.17. The van der Waals surface area contributed by atoms with Crippen molar-refractivity contribution in [3.63, 3.8) is 0 Å². The minimum atomic E-state index is -0.573. The largest absolute Gasteiger partial charge is 0.345 e. The highest BCUT2D eigenvalue weighted by atomic mass is 32.2. The molecule has 2 aromatic heterocycles. The zero-order valence-corrected chi connectivity index (χ0v) is 14.6. The van der Waals surface area contributed by atoms with Crippen LogP contribution in [0.25, 0.3) is 11.4 Å². The lowest BCUT2D eigenvalue weighted by Crippen LogP contribution is -2.46. The van der Waals surface area contributed by atoms with Gasteiger partial charge in [0.25, 0.3) is 0 Å². The number of carbonyl (C=O) groups excluding carboxylic acids is 2. The number of aromatic nitrogens is 4. The Hall–Kier alpha value is -2.36. The van der Waals surface area contributed by atoms with Crippen LogP contribution in [0.1, 0.15) is 19.2 Å². The third-order valence-electron chi connectivity index (χ3n) is 3.15. The van der Waals surface area contributed by atoms with Gasteiger partial charge in [-0.1, -0.05) is 5.16 Å². The lowest BCUT2D eigenvalue weighted by molar-refractivity contribution is -0.128. The van der Waals surface area contributed by atoms with E-state index in [4.69, 9.17) is 4.52 Å². The third-order valence-corrected chi connectivity index (χ3v) is 3.79. The molecule has 2 rings (SSSR count). The molecule has 0 fully saturated rings. The first-order valence-electron chi connectivity index (χ1n) is 7.35. The molecule has 0 radical (unpaired) electrons. The van der Waals surface area contributed by atoms with Crippen molar-refractivity contribution < 1.29 is 14.1 Å². The Morgan fingerprint density at radius 2 is 2.25 bits per heavy atom. The molecule has 9 nitrogen and oxygen atoms in total. The Bertz CT molecular complexity index is 698. The van der Waals surface area contributed by atoms with E-state index in [-0.39, 0.29) is 24.2 Å². The van der Waals surface area contributed by atoms with Crippen molar-refractivity contribution >= 4 is 23.6 Å². The van der Waals surface area contributed by atoms with Gasteiger partial charge in [-0.05, 0) is 18.4 Å². The summed E-state index contributed by atoms with van der Waals surface area (Å²) in [6, 6.07) is -0.573. The van der Waals surface area contributed by atoms with E-state index in [0.29, 0.717) is 12.2 Å². The molecule has 2 N–H and O–H groups in total. The number of hydrogen-bond acceptors (Lipinski definition) is 7. The third kappa shape index (κ3) is 5.08. The molecule has 24 heavy (non-hydrogen) atoms. The van der Waals surface area contributed by atoms with Gasteiger partial charge in [-0.3, -0.25) is 14.3 Å². The molecule has 10 heteroatoms. The van der Waals surface area contributed by atoms with Crippen molar-refractivity contribution in [3.05, 3.63) is 18.3 Å². The lowest BCUT2D eigenvalue weighted by Gasteiger charge is -2.16. The Labute approximate surface area is 143 Å². The molecule has 2 heterocycles. The van der Waals surface area contributed by atoms with Gasteiger partial charge in [0.15, 0.2) is 0 Å². The molecule has 2 aromatic rings. The molecule has 2 amide bonds. The fraction of sp³-hybridized carbons (Fsp3) is 0.500. The molecule has 0 bridgehead atoms. The molecule has 0 aromatic carbocycles. The molecule has 0 spiro atoms. The van der Waals surface area contributed by atoms with Crippen molar-refractivity contribution in [1.82, 2.24) is 30.6 Å². The molecule has 0 unspecified atom stereocenters. The second kappa shape index (κ2) is 8.48. The predicted molar refractivity (Wildman–Crippen MR) is 89.0 cm³/mol. The summed E-state index contributed by atoms with van der Waals surface area (Å²) >= 11 is 1.61. The number of aryl methyl sites for hydroxylation is 1. The van der Waals surface area contributed by atoms with Gasteiger partial charge in [-0.25, -0.2) is 0 Å². The summed E-state index contributed by atoms with van der Waals surface area (Å²) in [5, 5.41) is 13.2. The summed E-state index contributed by atoms with van der Waals surface area (Å²) in [7, 11) is 1.79. The number of nitrogens with one attached hydrogen (secondary N) is 2. The van der Waals surface area contributed by atoms with Gasteiger partial charge < -0.3 is 15.2 Å². The van der Waals surface area contributed by atoms with E-state index in [1.165, 1.54) is 6.92 Å². The van der Waals surface area contributed by atoms with E-state index < -0.39 is 6.04 Å². The Balaban J connectivity index is 1.92. The fourth-order valence-electron chi connectivity index (χ4n) is 2.02. The predicted octanol–water partition coefficient (Wildman–Crippen LogP) is 0.344. The van der Waals surface area contributed by atoms with Gasteiger partial charge in [0.05, 0.1) is 18.3 Å². The standard InChI is InChI=1S/C14H20N6O3S/c1-9(21)17-11(4-5-24-3)14(22)15-7-12-18-13(19-23-12)10-6-16-20(2)8-10/h6,8,11H,4-5,7H2,1-3H3,(H,15,22)(H,17,21)/t11-/m0/s1. The van der Waals surface area contributed by atoms with Crippen LogP contribution in [0.15, 0.2) is 16.9 Å². The highest BCUT2D eigenvalue weighted by molar-refractivity contribution is 7.98. The summed E-state index contributed by atoms with van der Waals surface area (Å²) in [6.45, 7) is 1.49. The summed E-state index contributed by atoms with van der Waals surface area (Å²) in [4.78, 5) is 27.6. The lowest BCUT2D eigenvalue weighted by atomic mass is 10.2. The van der Waals surface area contributed by atoms with Crippen molar-refractivity contribution in [1.29, 1.82) is 0 Å². The van der Waals surface area contributed by atoms with Crippen LogP contribution in [0.4, 0.5) is 0 Å². The normalized spacial score (nSPS) is 12.0. The van der Waals surface area contributed by atoms with Crippen LogP contribution >= 0.6 is 11.8 Å². The summed E-state index contributed by atoms with van der Waals surface area (Å²) in [6.07, 6.45) is 5.89. The van der Waals surface area contributed by atoms with Gasteiger partial charge in [0.2, 0.25) is 23.5 Å². The van der Waals surface area contributed by atoms with E-state index in [0.717, 1.165) is 11.3 Å². The van der Waals surface area contributed by atoms with Crippen LogP contribution < -0.4 is 10.6 Å². The SMILES string of the molecule is CSCC[C@H](NC(C)=O)C(=O)NCc1nc(-c2cnn(C)c2)no1. The van der Waals surface area contributed by atoms with E-state index in [1.54, 1.807) is 35.9 Å². The van der Waals surface area contributed by atoms with Crippen LogP contribution in [-0.4, -0.2) is 49.8 Å². The molecular formula is C14H20N6O3S. The van der Waals surface area contributed by atoms with E-state index in [1.807, 2.05) is 6.26 Å². The first-order valence-corrected chi connectivity index (χ1v) is 8.74. The first kappa shape index (κ1) is 18.0. The fourth-order valence-corrected chi connectivity index (χ4v) is 2.49. The summed E-state index contributed by atoms with van der Waals surface area (Å²) in [5.41, 5.74) is 0.731. The monoisotopic (exact) mass is 352 g/mol. The van der Waals surface area contributed by atoms with Gasteiger partial charge in [0.1, 0.15) is 6.04 Å². The highest BCUT2D eigenvalue weighted by Crippen LogP contribution is 2.13. The molecule has 0 saturated heterocycles. The van der Waals surface area contributed by atoms with Crippen molar-refractivity contribution in [2.75, 3.05) is 12.0 Å². The Morgan fingerprint density at radius 1 is 1.46 bits per heavy atom. The number of nitrogens with zero attached hydrogens (tertiary/aromatic N) is 4. The summed E-state index contributed by atoms with van der Waals surface area (Å²) in [5.74, 6) is 0.944. The Kier molecular flexibility index (Phi) is 6.36. The topological polar surface area (TPSA) is 115 Å². The smallest absolute Gasteiger partial charge is 0.246 e. The highest BCUT2D eigenvalue weighted by Gasteiger charge is 2.19. The van der Waals surface area contributed by atoms with E-state index >= 15 is 0 Å². The van der Waals surface area contributed by atoms with Crippen LogP contribution in [0.3, 0.4) is 0 Å². The average Bonchev–Trinajstić information content (AvgIpc) is 3.17. The van der Waals surface area contributed by atoms with Crippen molar-refractivity contribution in [2.24, 2.45) is 7.05 Å². The quantitative estimate of drug-likeness (QED) is 0.704. The maximum absolute atomic E-state index is 12.2. The van der Waals surface area contributed by atoms with E-state index in [2.05, 4.69) is 25.9 Å². The molecule has 0 aliphatic rings. The number of rotatable bonds is 8. The number of hydrogen-bond donors (Lipinski definition) is 2. The zero-order chi connectivity index (χ0) is 17.5. The zero-order valence-electron chi connectivity index (χ0n) is 13.8. The molecule has 0 saturated carbocycles. The van der Waals surface area contributed by atoms with Crippen LogP contribution in [0, 0.1) is 0 Å². The molecule has 0 aliphatic carbocycles. The number of thioether (sulfide) groups is 1. The number of carbonyl (C=O) groups is 2. The van der Waals surface area contributed by atoms with Crippen molar-refractivity contribution in [2.45, 2.75) is 25.9 Å². The van der Waals surface area contributed by atoms with Crippen LogP contribution in [-0.2, 0) is 23.2 Å². The van der Waals surface area contributed by atoms with Gasteiger partial charge in [-0.2, -0.15) is 21.8 Å². The average molecular weight is 352 g/mol. The first-order chi connectivity index (χ1) is 11.5. The van der Waals surface area contributed by atoms with Crippen LogP contribution in [0.5, 0.6) is 0 Å². The van der Waals surface area contributed by atoms with E-state index in [9.17, 15) is 9.59 Å². The summed E-state index contributed by atoms with van der Waals surface area (Å²) < 4.78 is 6.75. The number of amides is 2. The van der Waals surface area contributed by atoms with Crippen molar-refractivity contribution in [3.8, 4) is 11.4 Å². The molecular weight excluding hydrogens is 332 g/mol. The van der Waals surface area contributed by atoms with Gasteiger partial charge >= 0.3 is 0 Å². The molecule has 130 valence electrons. The Morgan fingerprint density at radius 3 is 2.88 bits per heavy atom. The minimum absolute atomic E-state index is 0.0987. The van der Waals surface area contributed by atoms with Gasteiger partial charge in [0, 0.05) is 20.2 Å². The second-order valence-corrected chi connectivity index (χ2v) is 6.15. The maximum atomic E-state index is 12.2. The molecule has 0 aliphatic heterocycles.